The van der Waals surface area contributed by atoms with Crippen molar-refractivity contribution in [2.45, 2.75) is 0 Å². The van der Waals surface area contributed by atoms with Gasteiger partial charge in [-0.05, 0) is 35.4 Å². The van der Waals surface area contributed by atoms with Crippen LogP contribution in [0.15, 0.2) is 55.0 Å². The lowest BCUT2D eigenvalue weighted by Gasteiger charge is -2.09. The van der Waals surface area contributed by atoms with Gasteiger partial charge in [0, 0.05) is 24.2 Å². The van der Waals surface area contributed by atoms with Gasteiger partial charge in [0.25, 0.3) is 0 Å². The molecule has 2 aromatic heterocycles. The zero-order valence-corrected chi connectivity index (χ0v) is 11.3. The van der Waals surface area contributed by atoms with Crippen molar-refractivity contribution in [2.24, 2.45) is 0 Å². The Morgan fingerprint density at radius 3 is 2.52 bits per heavy atom. The quantitative estimate of drug-likeness (QED) is 0.738. The predicted octanol–water partition coefficient (Wildman–Crippen LogP) is 3.35. The molecule has 5 heteroatoms. The summed E-state index contributed by atoms with van der Waals surface area (Å²) >= 11 is 0. The first-order chi connectivity index (χ1) is 10.3. The van der Waals surface area contributed by atoms with Crippen LogP contribution in [-0.4, -0.2) is 22.1 Å². The molecule has 0 radical (unpaired) electrons. The number of pyridine rings is 1. The van der Waals surface area contributed by atoms with Gasteiger partial charge >= 0.3 is 6.01 Å². The number of benzene rings is 1. The molecule has 4 nitrogen and oxygen atoms in total. The molecule has 0 saturated carbocycles. The molecule has 1 aromatic carbocycles. The highest BCUT2D eigenvalue weighted by atomic mass is 19.1. The molecule has 2 heterocycles. The molecule has 0 aliphatic carbocycles. The monoisotopic (exact) mass is 281 g/mol. The highest BCUT2D eigenvalue weighted by Gasteiger charge is 2.10. The Bertz CT molecular complexity index is 759. The highest BCUT2D eigenvalue weighted by Crippen LogP contribution is 2.30. The Morgan fingerprint density at radius 1 is 0.952 bits per heavy atom. The summed E-state index contributed by atoms with van der Waals surface area (Å²) in [5.41, 5.74) is 3.36. The molecule has 21 heavy (non-hydrogen) atoms. The van der Waals surface area contributed by atoms with E-state index in [4.69, 9.17) is 4.74 Å². The second-order valence-electron chi connectivity index (χ2n) is 4.36. The van der Waals surface area contributed by atoms with Crippen LogP contribution < -0.4 is 4.74 Å². The van der Waals surface area contributed by atoms with Crippen molar-refractivity contribution in [1.82, 2.24) is 15.0 Å². The van der Waals surface area contributed by atoms with Gasteiger partial charge in [0.05, 0.1) is 12.8 Å². The van der Waals surface area contributed by atoms with E-state index in [9.17, 15) is 4.39 Å². The van der Waals surface area contributed by atoms with Crippen molar-refractivity contribution >= 4 is 0 Å². The zero-order chi connectivity index (χ0) is 14.7. The number of hydrogen-bond donors (Lipinski definition) is 0. The first-order valence-corrected chi connectivity index (χ1v) is 6.35. The molecule has 0 amide bonds. The van der Waals surface area contributed by atoms with Crippen molar-refractivity contribution in [2.75, 3.05) is 7.11 Å². The van der Waals surface area contributed by atoms with Crippen LogP contribution in [0.3, 0.4) is 0 Å². The van der Waals surface area contributed by atoms with Gasteiger partial charge in [-0.3, -0.25) is 4.98 Å². The Balaban J connectivity index is 2.13. The Morgan fingerprint density at radius 2 is 1.76 bits per heavy atom. The van der Waals surface area contributed by atoms with Crippen LogP contribution in [0.2, 0.25) is 0 Å². The van der Waals surface area contributed by atoms with E-state index < -0.39 is 0 Å². The van der Waals surface area contributed by atoms with Crippen LogP contribution in [-0.2, 0) is 0 Å². The molecule has 0 aliphatic heterocycles. The van der Waals surface area contributed by atoms with E-state index in [0.29, 0.717) is 11.7 Å². The van der Waals surface area contributed by atoms with Crippen molar-refractivity contribution in [3.8, 4) is 28.4 Å². The molecular weight excluding hydrogens is 269 g/mol. The SMILES string of the molecule is COc1nccc(-c2cnccc2-c2ccc(F)cc2)n1. The fourth-order valence-corrected chi connectivity index (χ4v) is 2.07. The number of methoxy groups -OCH3 is 1. The Kier molecular flexibility index (Phi) is 3.55. The maximum Gasteiger partial charge on any atom is 0.316 e. The standard InChI is InChI=1S/C16H12FN3O/c1-21-16-19-9-7-15(20-16)14-10-18-8-6-13(14)11-2-4-12(17)5-3-11/h2-10H,1H3. The lowest BCUT2D eigenvalue weighted by Crippen LogP contribution is -1.95. The van der Waals surface area contributed by atoms with E-state index >= 15 is 0 Å². The number of nitrogens with zero attached hydrogens (tertiary/aromatic N) is 3. The summed E-state index contributed by atoms with van der Waals surface area (Å²) in [5, 5.41) is 0. The molecule has 0 bridgehead atoms. The molecule has 0 unspecified atom stereocenters. The molecule has 0 aliphatic rings. The number of rotatable bonds is 3. The summed E-state index contributed by atoms with van der Waals surface area (Å²) in [6, 6.07) is 10.3. The van der Waals surface area contributed by atoms with Gasteiger partial charge in [0.15, 0.2) is 0 Å². The predicted molar refractivity (Wildman–Crippen MR) is 77.2 cm³/mol. The maximum atomic E-state index is 13.1. The van der Waals surface area contributed by atoms with Crippen LogP contribution in [0.25, 0.3) is 22.4 Å². The van der Waals surface area contributed by atoms with Crippen molar-refractivity contribution in [1.29, 1.82) is 0 Å². The molecule has 0 N–H and O–H groups in total. The first-order valence-electron chi connectivity index (χ1n) is 6.35. The van der Waals surface area contributed by atoms with E-state index in [0.717, 1.165) is 16.7 Å². The van der Waals surface area contributed by atoms with Gasteiger partial charge in [0.2, 0.25) is 0 Å². The average molecular weight is 281 g/mol. The largest absolute Gasteiger partial charge is 0.467 e. The third kappa shape index (κ3) is 2.72. The molecule has 0 fully saturated rings. The highest BCUT2D eigenvalue weighted by molar-refractivity contribution is 5.81. The van der Waals surface area contributed by atoms with Gasteiger partial charge in [-0.15, -0.1) is 0 Å². The van der Waals surface area contributed by atoms with Crippen molar-refractivity contribution in [3.63, 3.8) is 0 Å². The molecule has 3 rings (SSSR count). The average Bonchev–Trinajstić information content (AvgIpc) is 2.56. The van der Waals surface area contributed by atoms with Gasteiger partial charge in [-0.25, -0.2) is 9.37 Å². The topological polar surface area (TPSA) is 47.9 Å². The normalized spacial score (nSPS) is 10.4. The summed E-state index contributed by atoms with van der Waals surface area (Å²) < 4.78 is 18.1. The summed E-state index contributed by atoms with van der Waals surface area (Å²) in [5.74, 6) is -0.266. The minimum absolute atomic E-state index is 0.266. The van der Waals surface area contributed by atoms with Gasteiger partial charge in [-0.1, -0.05) is 12.1 Å². The Hall–Kier alpha value is -2.82. The summed E-state index contributed by atoms with van der Waals surface area (Å²) in [6.07, 6.45) is 5.05. The van der Waals surface area contributed by atoms with Crippen LogP contribution in [0.4, 0.5) is 4.39 Å². The second-order valence-corrected chi connectivity index (χ2v) is 4.36. The molecular formula is C16H12FN3O. The molecule has 0 saturated heterocycles. The number of halogens is 1. The number of aromatic nitrogens is 3. The molecule has 0 atom stereocenters. The van der Waals surface area contributed by atoms with E-state index in [1.807, 2.05) is 6.07 Å². The second kappa shape index (κ2) is 5.66. The third-order valence-electron chi connectivity index (χ3n) is 3.07. The molecule has 3 aromatic rings. The van der Waals surface area contributed by atoms with Gasteiger partial charge < -0.3 is 4.74 Å². The van der Waals surface area contributed by atoms with Crippen LogP contribution >= 0.6 is 0 Å². The van der Waals surface area contributed by atoms with E-state index in [1.54, 1.807) is 36.8 Å². The Labute approximate surface area is 121 Å². The first kappa shape index (κ1) is 13.2. The maximum absolute atomic E-state index is 13.1. The van der Waals surface area contributed by atoms with Crippen LogP contribution in [0.5, 0.6) is 6.01 Å². The molecule has 104 valence electrons. The van der Waals surface area contributed by atoms with E-state index in [-0.39, 0.29) is 5.82 Å². The number of ether oxygens (including phenoxy) is 1. The zero-order valence-electron chi connectivity index (χ0n) is 11.3. The van der Waals surface area contributed by atoms with E-state index in [1.165, 1.54) is 19.2 Å². The minimum Gasteiger partial charge on any atom is -0.467 e. The van der Waals surface area contributed by atoms with Crippen molar-refractivity contribution < 1.29 is 9.13 Å². The lowest BCUT2D eigenvalue weighted by molar-refractivity contribution is 0.380. The summed E-state index contributed by atoms with van der Waals surface area (Å²) in [7, 11) is 1.52. The fraction of sp³-hybridized carbons (Fsp3) is 0.0625. The summed E-state index contributed by atoms with van der Waals surface area (Å²) in [6.45, 7) is 0. The molecule has 0 spiro atoms. The third-order valence-corrected chi connectivity index (χ3v) is 3.07. The van der Waals surface area contributed by atoms with Crippen LogP contribution in [0, 0.1) is 5.82 Å². The van der Waals surface area contributed by atoms with Crippen LogP contribution in [0.1, 0.15) is 0 Å². The number of hydrogen-bond acceptors (Lipinski definition) is 4. The lowest BCUT2D eigenvalue weighted by atomic mass is 10.00. The van der Waals surface area contributed by atoms with Gasteiger partial charge in [0.1, 0.15) is 5.82 Å². The van der Waals surface area contributed by atoms with Crippen molar-refractivity contribution in [3.05, 3.63) is 60.8 Å². The fourth-order valence-electron chi connectivity index (χ4n) is 2.07. The van der Waals surface area contributed by atoms with Gasteiger partial charge in [-0.2, -0.15) is 4.98 Å². The minimum atomic E-state index is -0.266. The smallest absolute Gasteiger partial charge is 0.316 e. The summed E-state index contributed by atoms with van der Waals surface area (Å²) in [4.78, 5) is 12.5. The van der Waals surface area contributed by atoms with E-state index in [2.05, 4.69) is 15.0 Å².